The molecule has 0 bridgehead atoms. The van der Waals surface area contributed by atoms with Gasteiger partial charge < -0.3 is 10.5 Å². The summed E-state index contributed by atoms with van der Waals surface area (Å²) < 4.78 is 5.10. The van der Waals surface area contributed by atoms with E-state index in [1.165, 1.54) is 0 Å². The average Bonchev–Trinajstić information content (AvgIpc) is 2.27. The Balaban J connectivity index is 3.04. The van der Waals surface area contributed by atoms with Crippen molar-refractivity contribution in [3.8, 4) is 5.88 Å². The van der Waals surface area contributed by atoms with Crippen LogP contribution in [0.2, 0.25) is 0 Å². The number of rotatable bonds is 4. The van der Waals surface area contributed by atoms with Gasteiger partial charge in [0, 0.05) is 24.9 Å². The molecule has 0 saturated carbocycles. The van der Waals surface area contributed by atoms with Crippen molar-refractivity contribution in [3.05, 3.63) is 17.6 Å². The third kappa shape index (κ3) is 2.42. The lowest BCUT2D eigenvalue weighted by Gasteiger charge is -2.10. The van der Waals surface area contributed by atoms with Gasteiger partial charge in [0.15, 0.2) is 0 Å². The number of hydrogen-bond acceptors (Lipinski definition) is 4. The van der Waals surface area contributed by atoms with Crippen LogP contribution in [0.25, 0.3) is 0 Å². The Morgan fingerprint density at radius 2 is 2.21 bits per heavy atom. The Morgan fingerprint density at radius 1 is 1.50 bits per heavy atom. The minimum absolute atomic E-state index is 0.247. The fraction of sp³-hybridized carbons (Fsp3) is 0.600. The van der Waals surface area contributed by atoms with Crippen molar-refractivity contribution in [2.45, 2.75) is 26.2 Å². The highest BCUT2D eigenvalue weighted by Crippen LogP contribution is 2.16. The number of aromatic nitrogens is 2. The smallest absolute Gasteiger partial charge is 0.216 e. The molecule has 4 heteroatoms. The van der Waals surface area contributed by atoms with E-state index >= 15 is 0 Å². The summed E-state index contributed by atoms with van der Waals surface area (Å²) in [4.78, 5) is 8.61. The Hall–Kier alpha value is -1.16. The van der Waals surface area contributed by atoms with Crippen LogP contribution in [-0.2, 0) is 6.42 Å². The molecule has 1 aromatic rings. The summed E-state index contributed by atoms with van der Waals surface area (Å²) >= 11 is 0. The second kappa shape index (κ2) is 4.91. The molecule has 0 radical (unpaired) electrons. The average molecular weight is 195 g/mol. The van der Waals surface area contributed by atoms with Gasteiger partial charge in [0.05, 0.1) is 12.8 Å². The van der Waals surface area contributed by atoms with E-state index in [1.54, 1.807) is 7.11 Å². The van der Waals surface area contributed by atoms with Crippen LogP contribution < -0.4 is 10.5 Å². The van der Waals surface area contributed by atoms with E-state index in [2.05, 4.69) is 9.97 Å². The van der Waals surface area contributed by atoms with E-state index in [0.717, 1.165) is 17.9 Å². The molecule has 1 heterocycles. The molecule has 0 aromatic carbocycles. The van der Waals surface area contributed by atoms with Crippen LogP contribution in [0, 0.1) is 0 Å². The van der Waals surface area contributed by atoms with Crippen molar-refractivity contribution in [3.63, 3.8) is 0 Å². The van der Waals surface area contributed by atoms with Gasteiger partial charge in [0.2, 0.25) is 5.88 Å². The van der Waals surface area contributed by atoms with Crippen molar-refractivity contribution < 1.29 is 4.74 Å². The quantitative estimate of drug-likeness (QED) is 0.781. The molecule has 14 heavy (non-hydrogen) atoms. The molecule has 1 unspecified atom stereocenters. The van der Waals surface area contributed by atoms with Gasteiger partial charge in [-0.1, -0.05) is 13.8 Å². The fourth-order valence-corrected chi connectivity index (χ4v) is 1.13. The number of methoxy groups -OCH3 is 1. The Bertz CT molecular complexity index is 279. The zero-order chi connectivity index (χ0) is 10.6. The summed E-state index contributed by atoms with van der Waals surface area (Å²) in [5.41, 5.74) is 6.54. The summed E-state index contributed by atoms with van der Waals surface area (Å²) in [7, 11) is 1.61. The van der Waals surface area contributed by atoms with E-state index in [1.807, 2.05) is 19.9 Å². The molecular formula is C10H17N3O. The lowest BCUT2D eigenvalue weighted by atomic mass is 10.1. The monoisotopic (exact) mass is 195 g/mol. The molecule has 1 atom stereocenters. The molecular weight excluding hydrogens is 178 g/mol. The van der Waals surface area contributed by atoms with Crippen LogP contribution in [0.1, 0.15) is 31.3 Å². The van der Waals surface area contributed by atoms with E-state index in [-0.39, 0.29) is 5.92 Å². The molecule has 0 saturated heterocycles. The lowest BCUT2D eigenvalue weighted by molar-refractivity contribution is 0.393. The first-order valence-corrected chi connectivity index (χ1v) is 4.83. The number of nitrogens with two attached hydrogens (primary N) is 1. The fourth-order valence-electron chi connectivity index (χ4n) is 1.13. The zero-order valence-electron chi connectivity index (χ0n) is 8.95. The van der Waals surface area contributed by atoms with Gasteiger partial charge in [-0.3, -0.25) is 0 Å². The minimum atomic E-state index is 0.247. The van der Waals surface area contributed by atoms with Gasteiger partial charge in [0.1, 0.15) is 5.82 Å². The van der Waals surface area contributed by atoms with Crippen molar-refractivity contribution in [2.75, 3.05) is 13.7 Å². The van der Waals surface area contributed by atoms with Gasteiger partial charge >= 0.3 is 0 Å². The second-order valence-electron chi connectivity index (χ2n) is 3.24. The van der Waals surface area contributed by atoms with Crippen molar-refractivity contribution in [1.29, 1.82) is 0 Å². The number of nitrogens with zero attached hydrogens (tertiary/aromatic N) is 2. The largest absolute Gasteiger partial charge is 0.481 e. The summed E-state index contributed by atoms with van der Waals surface area (Å²) in [5, 5.41) is 0. The zero-order valence-corrected chi connectivity index (χ0v) is 8.95. The first-order chi connectivity index (χ1) is 6.71. The van der Waals surface area contributed by atoms with E-state index in [9.17, 15) is 0 Å². The highest BCUT2D eigenvalue weighted by Gasteiger charge is 2.09. The summed E-state index contributed by atoms with van der Waals surface area (Å²) in [5.74, 6) is 1.67. The third-order valence-electron chi connectivity index (χ3n) is 2.15. The standard InChI is InChI=1S/C10H17N3O/c1-4-9-12-8(7(2)6-11)5-10(13-9)14-3/h5,7H,4,6,11H2,1-3H3. The van der Waals surface area contributed by atoms with Gasteiger partial charge in [-0.2, -0.15) is 4.98 Å². The van der Waals surface area contributed by atoms with Crippen molar-refractivity contribution in [1.82, 2.24) is 9.97 Å². The lowest BCUT2D eigenvalue weighted by Crippen LogP contribution is -2.12. The van der Waals surface area contributed by atoms with Crippen LogP contribution in [0.5, 0.6) is 5.88 Å². The number of hydrogen-bond donors (Lipinski definition) is 1. The van der Waals surface area contributed by atoms with Gasteiger partial charge in [0.25, 0.3) is 0 Å². The van der Waals surface area contributed by atoms with E-state index in [0.29, 0.717) is 12.4 Å². The Kier molecular flexibility index (Phi) is 3.83. The first kappa shape index (κ1) is 10.9. The molecule has 0 aliphatic heterocycles. The van der Waals surface area contributed by atoms with Gasteiger partial charge in [-0.05, 0) is 0 Å². The van der Waals surface area contributed by atoms with Crippen LogP contribution in [0.4, 0.5) is 0 Å². The van der Waals surface area contributed by atoms with Gasteiger partial charge in [-0.15, -0.1) is 0 Å². The summed E-state index contributed by atoms with van der Waals surface area (Å²) in [6.07, 6.45) is 0.807. The van der Waals surface area contributed by atoms with Crippen LogP contribution in [0.15, 0.2) is 6.07 Å². The number of aryl methyl sites for hydroxylation is 1. The molecule has 0 aliphatic rings. The second-order valence-corrected chi connectivity index (χ2v) is 3.24. The highest BCUT2D eigenvalue weighted by atomic mass is 16.5. The molecule has 0 amide bonds. The molecule has 0 spiro atoms. The van der Waals surface area contributed by atoms with E-state index in [4.69, 9.17) is 10.5 Å². The molecule has 4 nitrogen and oxygen atoms in total. The maximum Gasteiger partial charge on any atom is 0.216 e. The van der Waals surface area contributed by atoms with Crippen molar-refractivity contribution in [2.24, 2.45) is 5.73 Å². The van der Waals surface area contributed by atoms with E-state index < -0.39 is 0 Å². The molecule has 2 N–H and O–H groups in total. The van der Waals surface area contributed by atoms with Gasteiger partial charge in [-0.25, -0.2) is 4.98 Å². The minimum Gasteiger partial charge on any atom is -0.481 e. The predicted octanol–water partition coefficient (Wildman–Crippen LogP) is 1.11. The molecule has 0 fully saturated rings. The Labute approximate surface area is 84.5 Å². The molecule has 0 aliphatic carbocycles. The highest BCUT2D eigenvalue weighted by molar-refractivity contribution is 5.19. The molecule has 1 rings (SSSR count). The normalized spacial score (nSPS) is 12.6. The maximum absolute atomic E-state index is 5.59. The SMILES string of the molecule is CCc1nc(OC)cc(C(C)CN)n1. The Morgan fingerprint density at radius 3 is 2.71 bits per heavy atom. The predicted molar refractivity (Wildman–Crippen MR) is 55.4 cm³/mol. The summed E-state index contributed by atoms with van der Waals surface area (Å²) in [6, 6.07) is 1.84. The number of ether oxygens (including phenoxy) is 1. The first-order valence-electron chi connectivity index (χ1n) is 4.83. The summed E-state index contributed by atoms with van der Waals surface area (Å²) in [6.45, 7) is 4.65. The topological polar surface area (TPSA) is 61.0 Å². The van der Waals surface area contributed by atoms with Crippen molar-refractivity contribution >= 4 is 0 Å². The van der Waals surface area contributed by atoms with Crippen LogP contribution in [0.3, 0.4) is 0 Å². The third-order valence-corrected chi connectivity index (χ3v) is 2.15. The maximum atomic E-state index is 5.59. The molecule has 1 aromatic heterocycles. The van der Waals surface area contributed by atoms with Crippen LogP contribution in [-0.4, -0.2) is 23.6 Å². The van der Waals surface area contributed by atoms with Crippen LogP contribution >= 0.6 is 0 Å². The molecule has 78 valence electrons.